The molecule has 0 aliphatic rings. The highest BCUT2D eigenvalue weighted by Gasteiger charge is 2.15. The van der Waals surface area contributed by atoms with Crippen LogP contribution >= 0.6 is 15.9 Å². The molecule has 1 unspecified atom stereocenters. The van der Waals surface area contributed by atoms with E-state index in [4.69, 9.17) is 9.47 Å². The molecule has 3 rings (SSSR count). The number of carbonyl (C=O) groups excluding carboxylic acids is 2. The SMILES string of the molecule is COC(=O)c1ccc(OC(CCNC(=O)Nc2ccccc2)c2ccc(Br)cc2)cc1. The number of hydrogen-bond donors (Lipinski definition) is 2. The minimum Gasteiger partial charge on any atom is -0.486 e. The van der Waals surface area contributed by atoms with Gasteiger partial charge in [0, 0.05) is 23.1 Å². The van der Waals surface area contributed by atoms with E-state index in [0.29, 0.717) is 24.3 Å². The third kappa shape index (κ3) is 6.86. The Morgan fingerprint density at radius 2 is 1.61 bits per heavy atom. The van der Waals surface area contributed by atoms with Crippen LogP contribution in [0.15, 0.2) is 83.3 Å². The number of urea groups is 1. The fraction of sp³-hybridized carbons (Fsp3) is 0.167. The number of hydrogen-bond acceptors (Lipinski definition) is 4. The highest BCUT2D eigenvalue weighted by molar-refractivity contribution is 9.10. The molecule has 0 saturated carbocycles. The van der Waals surface area contributed by atoms with E-state index in [1.54, 1.807) is 24.3 Å². The molecule has 160 valence electrons. The van der Waals surface area contributed by atoms with Crippen molar-refractivity contribution < 1.29 is 19.1 Å². The number of halogens is 1. The highest BCUT2D eigenvalue weighted by Crippen LogP contribution is 2.26. The van der Waals surface area contributed by atoms with Crippen molar-refractivity contribution in [2.75, 3.05) is 19.0 Å². The number of rotatable bonds is 8. The molecule has 0 aliphatic heterocycles. The number of ether oxygens (including phenoxy) is 2. The van der Waals surface area contributed by atoms with Gasteiger partial charge in [-0.25, -0.2) is 9.59 Å². The summed E-state index contributed by atoms with van der Waals surface area (Å²) >= 11 is 3.44. The van der Waals surface area contributed by atoms with Crippen LogP contribution in [-0.4, -0.2) is 25.7 Å². The molecule has 0 bridgehead atoms. The Labute approximate surface area is 189 Å². The Morgan fingerprint density at radius 3 is 2.26 bits per heavy atom. The summed E-state index contributed by atoms with van der Waals surface area (Å²) in [5, 5.41) is 5.65. The maximum Gasteiger partial charge on any atom is 0.337 e. The standard InChI is InChI=1S/C24H23BrN2O4/c1-30-23(28)18-9-13-21(14-10-18)31-22(17-7-11-19(25)12-8-17)15-16-26-24(29)27-20-5-3-2-4-6-20/h2-14,22H,15-16H2,1H3,(H2,26,27,29). The fourth-order valence-electron chi connectivity index (χ4n) is 2.94. The Kier molecular flexibility index (Phi) is 8.06. The zero-order valence-electron chi connectivity index (χ0n) is 17.0. The predicted octanol–water partition coefficient (Wildman–Crippen LogP) is 5.57. The van der Waals surface area contributed by atoms with Crippen LogP contribution in [-0.2, 0) is 4.74 Å². The first kappa shape index (κ1) is 22.4. The summed E-state index contributed by atoms with van der Waals surface area (Å²) in [6.45, 7) is 0.416. The topological polar surface area (TPSA) is 76.7 Å². The van der Waals surface area contributed by atoms with Crippen molar-refractivity contribution in [2.45, 2.75) is 12.5 Å². The van der Waals surface area contributed by atoms with E-state index >= 15 is 0 Å². The van der Waals surface area contributed by atoms with Crippen molar-refractivity contribution in [3.8, 4) is 5.75 Å². The van der Waals surface area contributed by atoms with Gasteiger partial charge in [0.05, 0.1) is 12.7 Å². The number of benzene rings is 3. The monoisotopic (exact) mass is 482 g/mol. The summed E-state index contributed by atoms with van der Waals surface area (Å²) in [6, 6.07) is 23.6. The number of carbonyl (C=O) groups is 2. The third-order valence-electron chi connectivity index (χ3n) is 4.52. The lowest BCUT2D eigenvalue weighted by Gasteiger charge is -2.20. The molecule has 0 aliphatic carbocycles. The van der Waals surface area contributed by atoms with Crippen molar-refractivity contribution >= 4 is 33.6 Å². The lowest BCUT2D eigenvalue weighted by atomic mass is 10.1. The average molecular weight is 483 g/mol. The molecule has 1 atom stereocenters. The van der Waals surface area contributed by atoms with Crippen molar-refractivity contribution in [1.29, 1.82) is 0 Å². The number of methoxy groups -OCH3 is 1. The summed E-state index contributed by atoms with van der Waals surface area (Å²) in [4.78, 5) is 23.8. The van der Waals surface area contributed by atoms with Gasteiger partial charge in [0.15, 0.2) is 0 Å². The number of esters is 1. The molecule has 3 aromatic rings. The molecule has 31 heavy (non-hydrogen) atoms. The van der Waals surface area contributed by atoms with Gasteiger partial charge in [0.2, 0.25) is 0 Å². The summed E-state index contributed by atoms with van der Waals surface area (Å²) in [7, 11) is 1.34. The Morgan fingerprint density at radius 1 is 0.935 bits per heavy atom. The molecular weight excluding hydrogens is 460 g/mol. The smallest absolute Gasteiger partial charge is 0.337 e. The van der Waals surface area contributed by atoms with Crippen molar-refractivity contribution in [3.05, 3.63) is 94.5 Å². The Bertz CT molecular complexity index is 992. The van der Waals surface area contributed by atoms with E-state index < -0.39 is 5.97 Å². The summed E-state index contributed by atoms with van der Waals surface area (Å²) < 4.78 is 11.9. The van der Waals surface area contributed by atoms with Crippen LogP contribution in [0.25, 0.3) is 0 Å². The maximum absolute atomic E-state index is 12.2. The molecule has 0 spiro atoms. The van der Waals surface area contributed by atoms with Crippen LogP contribution in [0, 0.1) is 0 Å². The van der Waals surface area contributed by atoms with Crippen molar-refractivity contribution in [1.82, 2.24) is 5.32 Å². The molecule has 3 aromatic carbocycles. The van der Waals surface area contributed by atoms with Gasteiger partial charge in [-0.1, -0.05) is 46.3 Å². The molecule has 0 radical (unpaired) electrons. The second-order valence-electron chi connectivity index (χ2n) is 6.71. The van der Waals surface area contributed by atoms with Crippen molar-refractivity contribution in [3.63, 3.8) is 0 Å². The van der Waals surface area contributed by atoms with E-state index in [9.17, 15) is 9.59 Å². The molecule has 6 nitrogen and oxygen atoms in total. The van der Waals surface area contributed by atoms with Gasteiger partial charge in [-0.3, -0.25) is 0 Å². The minimum atomic E-state index is -0.398. The van der Waals surface area contributed by atoms with Gasteiger partial charge in [0.25, 0.3) is 0 Å². The number of nitrogens with one attached hydrogen (secondary N) is 2. The third-order valence-corrected chi connectivity index (χ3v) is 5.05. The maximum atomic E-state index is 12.2. The van der Waals surface area contributed by atoms with E-state index in [0.717, 1.165) is 15.7 Å². The van der Waals surface area contributed by atoms with Gasteiger partial charge >= 0.3 is 12.0 Å². The van der Waals surface area contributed by atoms with Crippen LogP contribution in [0.2, 0.25) is 0 Å². The zero-order chi connectivity index (χ0) is 22.1. The molecule has 0 aromatic heterocycles. The van der Waals surface area contributed by atoms with Gasteiger partial charge in [0.1, 0.15) is 11.9 Å². The first-order valence-corrected chi connectivity index (χ1v) is 10.5. The van der Waals surface area contributed by atoms with Gasteiger partial charge in [-0.15, -0.1) is 0 Å². The molecule has 2 amide bonds. The van der Waals surface area contributed by atoms with E-state index in [1.807, 2.05) is 54.6 Å². The first-order valence-electron chi connectivity index (χ1n) is 9.75. The van der Waals surface area contributed by atoms with Gasteiger partial charge < -0.3 is 20.1 Å². The highest BCUT2D eigenvalue weighted by atomic mass is 79.9. The number of amides is 2. The number of anilines is 1. The van der Waals surface area contributed by atoms with E-state index in [-0.39, 0.29) is 12.1 Å². The Balaban J connectivity index is 1.63. The van der Waals surface area contributed by atoms with Gasteiger partial charge in [-0.2, -0.15) is 0 Å². The van der Waals surface area contributed by atoms with Crippen LogP contribution in [0.1, 0.15) is 28.4 Å². The molecular formula is C24H23BrN2O4. The van der Waals surface area contributed by atoms with Crippen LogP contribution in [0.5, 0.6) is 5.75 Å². The van der Waals surface area contributed by atoms with Crippen molar-refractivity contribution in [2.24, 2.45) is 0 Å². The molecule has 7 heteroatoms. The molecule has 2 N–H and O–H groups in total. The summed E-state index contributed by atoms with van der Waals surface area (Å²) in [5.41, 5.74) is 2.16. The Hall–Kier alpha value is -3.32. The lowest BCUT2D eigenvalue weighted by molar-refractivity contribution is 0.0600. The lowest BCUT2D eigenvalue weighted by Crippen LogP contribution is -2.30. The molecule has 0 heterocycles. The zero-order valence-corrected chi connectivity index (χ0v) is 18.6. The predicted molar refractivity (Wildman–Crippen MR) is 123 cm³/mol. The number of para-hydroxylation sites is 1. The molecule has 0 saturated heterocycles. The quantitative estimate of drug-likeness (QED) is 0.411. The second-order valence-corrected chi connectivity index (χ2v) is 7.63. The van der Waals surface area contributed by atoms with E-state index in [1.165, 1.54) is 7.11 Å². The normalized spacial score (nSPS) is 11.3. The molecule has 0 fully saturated rings. The second kappa shape index (κ2) is 11.2. The first-order chi connectivity index (χ1) is 15.0. The van der Waals surface area contributed by atoms with E-state index in [2.05, 4.69) is 26.6 Å². The van der Waals surface area contributed by atoms with Crippen LogP contribution < -0.4 is 15.4 Å². The fourth-order valence-corrected chi connectivity index (χ4v) is 3.20. The van der Waals surface area contributed by atoms with Crippen LogP contribution in [0.3, 0.4) is 0 Å². The largest absolute Gasteiger partial charge is 0.486 e. The minimum absolute atomic E-state index is 0.275. The summed E-state index contributed by atoms with van der Waals surface area (Å²) in [5.74, 6) is 0.221. The van der Waals surface area contributed by atoms with Gasteiger partial charge in [-0.05, 0) is 54.1 Å². The average Bonchev–Trinajstić information content (AvgIpc) is 2.79. The summed E-state index contributed by atoms with van der Waals surface area (Å²) in [6.07, 6.45) is 0.275. The van der Waals surface area contributed by atoms with Crippen LogP contribution in [0.4, 0.5) is 10.5 Å².